The Bertz CT molecular complexity index is 1490. The minimum Gasteiger partial charge on any atom is -0.334 e. The monoisotopic (exact) mass is 498 g/mol. The van der Waals surface area contributed by atoms with Crippen molar-refractivity contribution in [3.8, 4) is 11.4 Å². The van der Waals surface area contributed by atoms with Gasteiger partial charge in [0, 0.05) is 16.3 Å². The van der Waals surface area contributed by atoms with E-state index in [1.165, 1.54) is 5.56 Å². The van der Waals surface area contributed by atoms with Crippen molar-refractivity contribution >= 4 is 23.2 Å². The van der Waals surface area contributed by atoms with Gasteiger partial charge in [0.1, 0.15) is 0 Å². The van der Waals surface area contributed by atoms with E-state index in [-0.39, 0.29) is 6.03 Å². The number of halogens is 1. The molecular weight excluding hydrogens is 472 g/mol. The number of aromatic nitrogens is 2. The number of benzene rings is 3. The third kappa shape index (κ3) is 4.52. The number of carbonyl (C=O) groups excluding carboxylic acids is 1. The first-order chi connectivity index (χ1) is 17.3. The van der Waals surface area contributed by atoms with Crippen molar-refractivity contribution < 1.29 is 9.32 Å². The summed E-state index contributed by atoms with van der Waals surface area (Å²) < 4.78 is 5.81. The average molecular weight is 499 g/mol. The second-order valence-electron chi connectivity index (χ2n) is 9.20. The first kappa shape index (κ1) is 23.8. The van der Waals surface area contributed by atoms with Crippen LogP contribution in [-0.2, 0) is 6.54 Å². The summed E-state index contributed by atoms with van der Waals surface area (Å²) >= 11 is 6.42. The van der Waals surface area contributed by atoms with Crippen LogP contribution < -0.4 is 5.32 Å². The van der Waals surface area contributed by atoms with Gasteiger partial charge in [0.05, 0.1) is 18.2 Å². The number of aryl methyl sites for hydroxylation is 3. The summed E-state index contributed by atoms with van der Waals surface area (Å²) in [5.41, 5.74) is 7.61. The van der Waals surface area contributed by atoms with Crippen LogP contribution in [0, 0.1) is 20.8 Å². The normalized spacial score (nSPS) is 15.9. The van der Waals surface area contributed by atoms with E-state index in [0.29, 0.717) is 23.3 Å². The summed E-state index contributed by atoms with van der Waals surface area (Å²) in [6.07, 6.45) is 0. The van der Waals surface area contributed by atoms with Gasteiger partial charge in [-0.1, -0.05) is 76.9 Å². The molecule has 0 spiro atoms. The lowest BCUT2D eigenvalue weighted by Crippen LogP contribution is -2.45. The molecule has 36 heavy (non-hydrogen) atoms. The molecule has 6 nitrogen and oxygen atoms in total. The highest BCUT2D eigenvalue weighted by Crippen LogP contribution is 2.38. The Morgan fingerprint density at radius 3 is 2.53 bits per heavy atom. The molecule has 0 bridgehead atoms. The molecule has 1 aliphatic heterocycles. The third-order valence-corrected chi connectivity index (χ3v) is 7.05. The molecule has 1 N–H and O–H groups in total. The number of carbonyl (C=O) groups is 1. The number of nitrogens with one attached hydrogen (secondary N) is 1. The number of nitrogens with zero attached hydrogens (tertiary/aromatic N) is 3. The lowest BCUT2D eigenvalue weighted by atomic mass is 9.92. The molecule has 2 heterocycles. The van der Waals surface area contributed by atoms with Crippen molar-refractivity contribution in [3.05, 3.63) is 111 Å². The summed E-state index contributed by atoms with van der Waals surface area (Å²) in [5, 5.41) is 8.04. The second kappa shape index (κ2) is 9.63. The lowest BCUT2D eigenvalue weighted by Gasteiger charge is -2.35. The van der Waals surface area contributed by atoms with Gasteiger partial charge < -0.3 is 9.84 Å². The zero-order chi connectivity index (χ0) is 25.4. The van der Waals surface area contributed by atoms with E-state index in [2.05, 4.69) is 36.5 Å². The highest BCUT2D eigenvalue weighted by Gasteiger charge is 2.36. The zero-order valence-corrected chi connectivity index (χ0v) is 21.4. The highest BCUT2D eigenvalue weighted by molar-refractivity contribution is 6.31. The summed E-state index contributed by atoms with van der Waals surface area (Å²) in [6.45, 7) is 8.38. The van der Waals surface area contributed by atoms with Gasteiger partial charge in [-0.15, -0.1) is 0 Å². The lowest BCUT2D eigenvalue weighted by molar-refractivity contribution is 0.203. The van der Waals surface area contributed by atoms with E-state index in [1.807, 2.05) is 68.4 Å². The molecule has 7 heteroatoms. The van der Waals surface area contributed by atoms with Gasteiger partial charge >= 0.3 is 6.03 Å². The minimum atomic E-state index is -0.440. The van der Waals surface area contributed by atoms with Crippen molar-refractivity contribution in [1.29, 1.82) is 0 Å². The molecule has 1 atom stereocenters. The topological polar surface area (TPSA) is 71.3 Å². The van der Waals surface area contributed by atoms with Crippen LogP contribution in [-0.4, -0.2) is 21.1 Å². The van der Waals surface area contributed by atoms with Crippen molar-refractivity contribution in [1.82, 2.24) is 20.4 Å². The molecule has 1 aromatic heterocycles. The van der Waals surface area contributed by atoms with Crippen LogP contribution in [0.3, 0.4) is 0 Å². The summed E-state index contributed by atoms with van der Waals surface area (Å²) in [5.74, 6) is 0.874. The summed E-state index contributed by atoms with van der Waals surface area (Å²) in [6, 6.07) is 21.0. The fourth-order valence-electron chi connectivity index (χ4n) is 4.47. The molecule has 0 radical (unpaired) electrons. The summed E-state index contributed by atoms with van der Waals surface area (Å²) in [7, 11) is 0. The predicted molar refractivity (Wildman–Crippen MR) is 141 cm³/mol. The van der Waals surface area contributed by atoms with Gasteiger partial charge in [-0.05, 0) is 62.1 Å². The minimum absolute atomic E-state index is 0.210. The maximum atomic E-state index is 13.4. The number of hydrogen-bond donors (Lipinski definition) is 1. The molecule has 2 amide bonds. The van der Waals surface area contributed by atoms with Crippen molar-refractivity contribution in [2.24, 2.45) is 0 Å². The molecular formula is C29H27ClN4O2. The second-order valence-corrected chi connectivity index (χ2v) is 9.60. The van der Waals surface area contributed by atoms with Crippen LogP contribution in [0.4, 0.5) is 4.79 Å². The molecule has 0 fully saturated rings. The van der Waals surface area contributed by atoms with Crippen LogP contribution >= 0.6 is 11.6 Å². The quantitative estimate of drug-likeness (QED) is 0.321. The number of hydrogen-bond acceptors (Lipinski definition) is 4. The predicted octanol–water partition coefficient (Wildman–Crippen LogP) is 7.01. The van der Waals surface area contributed by atoms with E-state index in [9.17, 15) is 4.79 Å². The highest BCUT2D eigenvalue weighted by atomic mass is 35.5. The zero-order valence-electron chi connectivity index (χ0n) is 20.7. The Kier molecular flexibility index (Phi) is 6.37. The smallest absolute Gasteiger partial charge is 0.322 e. The van der Waals surface area contributed by atoms with Crippen LogP contribution in [0.2, 0.25) is 5.02 Å². The molecule has 0 saturated carbocycles. The Hall–Kier alpha value is -3.90. The average Bonchev–Trinajstić information content (AvgIpc) is 3.34. The van der Waals surface area contributed by atoms with Gasteiger partial charge in [0.2, 0.25) is 5.82 Å². The molecule has 5 rings (SSSR count). The molecule has 1 aliphatic rings. The van der Waals surface area contributed by atoms with Crippen molar-refractivity contribution in [3.63, 3.8) is 0 Å². The molecule has 182 valence electrons. The van der Waals surface area contributed by atoms with Crippen molar-refractivity contribution in [2.45, 2.75) is 40.3 Å². The molecule has 1 unspecified atom stereocenters. The van der Waals surface area contributed by atoms with Gasteiger partial charge in [0.15, 0.2) is 0 Å². The third-order valence-electron chi connectivity index (χ3n) is 6.68. The number of amides is 2. The molecule has 0 saturated heterocycles. The van der Waals surface area contributed by atoms with Crippen molar-refractivity contribution in [2.75, 3.05) is 0 Å². The number of allylic oxidation sites excluding steroid dienone is 1. The van der Waals surface area contributed by atoms with Crippen LogP contribution in [0.5, 0.6) is 0 Å². The van der Waals surface area contributed by atoms with E-state index in [0.717, 1.165) is 39.1 Å². The van der Waals surface area contributed by atoms with Gasteiger partial charge in [0.25, 0.3) is 5.89 Å². The maximum Gasteiger partial charge on any atom is 0.322 e. The SMILES string of the molecule is CC1=C(c2nc(-c3cccc(C)c3)no2)C(c2ccc(C)c(C)c2)NC(=O)N1Cc1ccccc1Cl. The fraction of sp³-hybridized carbons (Fsp3) is 0.207. The van der Waals surface area contributed by atoms with Crippen LogP contribution in [0.25, 0.3) is 17.0 Å². The Morgan fingerprint density at radius 1 is 0.972 bits per heavy atom. The summed E-state index contributed by atoms with van der Waals surface area (Å²) in [4.78, 5) is 19.8. The largest absolute Gasteiger partial charge is 0.334 e. The Morgan fingerprint density at radius 2 is 1.78 bits per heavy atom. The van der Waals surface area contributed by atoms with Crippen LogP contribution in [0.15, 0.2) is 77.0 Å². The number of urea groups is 1. The standard InChI is InChI=1S/C29H27ClN4O2/c1-17-8-7-10-22(14-17)27-32-28(36-33-27)25-20(4)34(16-23-9-5-6-11-24(23)30)29(35)31-26(25)21-13-12-18(2)19(3)15-21/h5-15,26H,16H2,1-4H3,(H,31,35). The van der Waals surface area contributed by atoms with E-state index in [1.54, 1.807) is 4.90 Å². The van der Waals surface area contributed by atoms with Gasteiger partial charge in [-0.3, -0.25) is 4.90 Å². The Labute approximate surface area is 215 Å². The van der Waals surface area contributed by atoms with Crippen LogP contribution in [0.1, 0.15) is 46.7 Å². The van der Waals surface area contributed by atoms with E-state index >= 15 is 0 Å². The molecule has 0 aliphatic carbocycles. The van der Waals surface area contributed by atoms with Gasteiger partial charge in [-0.25, -0.2) is 4.79 Å². The fourth-order valence-corrected chi connectivity index (χ4v) is 4.67. The maximum absolute atomic E-state index is 13.4. The van der Waals surface area contributed by atoms with E-state index < -0.39 is 6.04 Å². The number of rotatable bonds is 5. The molecule has 4 aromatic rings. The first-order valence-electron chi connectivity index (χ1n) is 11.8. The Balaban J connectivity index is 1.62. The van der Waals surface area contributed by atoms with E-state index in [4.69, 9.17) is 21.1 Å². The first-order valence-corrected chi connectivity index (χ1v) is 12.2. The van der Waals surface area contributed by atoms with Gasteiger partial charge in [-0.2, -0.15) is 4.98 Å². The molecule has 3 aromatic carbocycles.